The van der Waals surface area contributed by atoms with Crippen LogP contribution in [-0.2, 0) is 0 Å². The van der Waals surface area contributed by atoms with E-state index in [4.69, 9.17) is 9.47 Å². The molecule has 0 aliphatic carbocycles. The number of hydrogen-bond donors (Lipinski definition) is 0. The van der Waals surface area contributed by atoms with Crippen LogP contribution in [0.1, 0.15) is 16.7 Å². The van der Waals surface area contributed by atoms with E-state index >= 15 is 0 Å². The van der Waals surface area contributed by atoms with Crippen LogP contribution in [-0.4, -0.2) is 14.2 Å². The fourth-order valence-electron chi connectivity index (χ4n) is 3.42. The quantitative estimate of drug-likeness (QED) is 0.237. The molecule has 0 unspecified atom stereocenters. The maximum absolute atomic E-state index is 5.38. The summed E-state index contributed by atoms with van der Waals surface area (Å²) < 4.78 is 11.7. The van der Waals surface area contributed by atoms with Gasteiger partial charge in [-0.25, -0.2) is 0 Å². The molecule has 4 aromatic rings. The number of benzene rings is 4. The van der Waals surface area contributed by atoms with Crippen LogP contribution in [0.25, 0.3) is 10.1 Å². The number of ether oxygens (including phenoxy) is 2. The second-order valence-corrected chi connectivity index (χ2v) is 8.97. The lowest BCUT2D eigenvalue weighted by atomic mass is 9.95. The van der Waals surface area contributed by atoms with E-state index < -0.39 is 0 Å². The van der Waals surface area contributed by atoms with Crippen LogP contribution in [0.2, 0.25) is 0 Å². The third-order valence-corrected chi connectivity index (χ3v) is 7.01. The van der Waals surface area contributed by atoms with Crippen molar-refractivity contribution in [2.24, 2.45) is 0 Å². The SMILES string of the molecule is COc1ccc(/C(Br)=C(/c2ccc(OC)cc2)c2ccccc2Sc2ccccc2)cc1. The molecule has 4 aromatic carbocycles. The molecule has 0 aliphatic rings. The van der Waals surface area contributed by atoms with Gasteiger partial charge in [-0.3, -0.25) is 0 Å². The molecular weight excluding hydrogens is 480 g/mol. The van der Waals surface area contributed by atoms with Gasteiger partial charge in [0.25, 0.3) is 0 Å². The van der Waals surface area contributed by atoms with E-state index in [1.54, 1.807) is 26.0 Å². The average molecular weight is 503 g/mol. The number of rotatable bonds is 7. The Kier molecular flexibility index (Phi) is 7.35. The van der Waals surface area contributed by atoms with E-state index in [9.17, 15) is 0 Å². The molecule has 0 spiro atoms. The third kappa shape index (κ3) is 5.09. The summed E-state index contributed by atoms with van der Waals surface area (Å²) in [5.41, 5.74) is 4.47. The van der Waals surface area contributed by atoms with Crippen molar-refractivity contribution < 1.29 is 9.47 Å². The lowest BCUT2D eigenvalue weighted by molar-refractivity contribution is 0.414. The van der Waals surface area contributed by atoms with Gasteiger partial charge in [-0.15, -0.1) is 0 Å². The second kappa shape index (κ2) is 10.6. The van der Waals surface area contributed by atoms with Gasteiger partial charge >= 0.3 is 0 Å². The second-order valence-electron chi connectivity index (χ2n) is 7.06. The first kappa shape index (κ1) is 22.3. The third-order valence-electron chi connectivity index (χ3n) is 5.07. The Labute approximate surface area is 202 Å². The van der Waals surface area contributed by atoms with Crippen LogP contribution in [0.4, 0.5) is 0 Å². The summed E-state index contributed by atoms with van der Waals surface area (Å²) >= 11 is 5.69. The predicted molar refractivity (Wildman–Crippen MR) is 138 cm³/mol. The fourth-order valence-corrected chi connectivity index (χ4v) is 5.10. The molecule has 0 radical (unpaired) electrons. The maximum Gasteiger partial charge on any atom is 0.118 e. The normalized spacial score (nSPS) is 11.6. The van der Waals surface area contributed by atoms with E-state index in [1.165, 1.54) is 9.79 Å². The van der Waals surface area contributed by atoms with E-state index in [-0.39, 0.29) is 0 Å². The number of halogens is 1. The molecule has 0 amide bonds. The first-order valence-corrected chi connectivity index (χ1v) is 11.8. The Morgan fingerprint density at radius 2 is 1.16 bits per heavy atom. The zero-order valence-corrected chi connectivity index (χ0v) is 20.3. The highest BCUT2D eigenvalue weighted by Gasteiger charge is 2.16. The van der Waals surface area contributed by atoms with E-state index in [2.05, 4.69) is 88.7 Å². The number of methoxy groups -OCH3 is 2. The summed E-state index contributed by atoms with van der Waals surface area (Å²) in [6.07, 6.45) is 0. The summed E-state index contributed by atoms with van der Waals surface area (Å²) in [4.78, 5) is 2.39. The van der Waals surface area contributed by atoms with Crippen molar-refractivity contribution in [2.75, 3.05) is 14.2 Å². The van der Waals surface area contributed by atoms with Gasteiger partial charge in [0.15, 0.2) is 0 Å². The van der Waals surface area contributed by atoms with Crippen LogP contribution in [0.5, 0.6) is 11.5 Å². The minimum Gasteiger partial charge on any atom is -0.497 e. The molecule has 32 heavy (non-hydrogen) atoms. The molecule has 4 rings (SSSR count). The Bertz CT molecular complexity index is 1200. The zero-order valence-electron chi connectivity index (χ0n) is 17.9. The van der Waals surface area contributed by atoms with Crippen molar-refractivity contribution in [2.45, 2.75) is 9.79 Å². The van der Waals surface area contributed by atoms with Gasteiger partial charge in [0.05, 0.1) is 14.2 Å². The molecule has 0 atom stereocenters. The van der Waals surface area contributed by atoms with Gasteiger partial charge in [0.2, 0.25) is 0 Å². The zero-order chi connectivity index (χ0) is 22.3. The standard InChI is InChI=1S/C28H23BrO2S/c1-30-22-16-12-20(13-17-22)27(28(29)21-14-18-23(31-2)19-15-21)25-10-6-7-11-26(25)32-24-8-4-3-5-9-24/h3-19H,1-2H3/b28-27+. The molecule has 0 saturated carbocycles. The highest BCUT2D eigenvalue weighted by Crippen LogP contribution is 2.42. The van der Waals surface area contributed by atoms with Crippen LogP contribution < -0.4 is 9.47 Å². The van der Waals surface area contributed by atoms with Crippen LogP contribution in [0, 0.1) is 0 Å². The molecule has 0 aromatic heterocycles. The Morgan fingerprint density at radius 3 is 1.75 bits per heavy atom. The highest BCUT2D eigenvalue weighted by molar-refractivity contribution is 9.15. The highest BCUT2D eigenvalue weighted by atomic mass is 79.9. The molecule has 2 nitrogen and oxygen atoms in total. The molecule has 160 valence electrons. The molecule has 0 bridgehead atoms. The number of hydrogen-bond acceptors (Lipinski definition) is 3. The minimum atomic E-state index is 0.833. The lowest BCUT2D eigenvalue weighted by Crippen LogP contribution is -1.95. The summed E-state index contributed by atoms with van der Waals surface area (Å²) in [5, 5.41) is 0. The van der Waals surface area contributed by atoms with Gasteiger partial charge in [0, 0.05) is 19.8 Å². The summed E-state index contributed by atoms with van der Waals surface area (Å²) in [5.74, 6) is 1.67. The minimum absolute atomic E-state index is 0.833. The van der Waals surface area contributed by atoms with Crippen molar-refractivity contribution >= 4 is 37.7 Å². The topological polar surface area (TPSA) is 18.5 Å². The Hall–Kier alpha value is -2.95. The van der Waals surface area contributed by atoms with Crippen molar-refractivity contribution in [3.05, 3.63) is 120 Å². The summed E-state index contributed by atoms with van der Waals surface area (Å²) in [7, 11) is 3.37. The van der Waals surface area contributed by atoms with E-state index in [1.807, 2.05) is 30.3 Å². The first-order chi connectivity index (χ1) is 15.7. The molecule has 0 N–H and O–H groups in total. The molecule has 4 heteroatoms. The van der Waals surface area contributed by atoms with E-state index in [0.29, 0.717) is 0 Å². The van der Waals surface area contributed by atoms with Gasteiger partial charge < -0.3 is 9.47 Å². The lowest BCUT2D eigenvalue weighted by Gasteiger charge is -2.17. The van der Waals surface area contributed by atoms with Crippen molar-refractivity contribution in [1.29, 1.82) is 0 Å². The molecular formula is C28H23BrO2S. The van der Waals surface area contributed by atoms with Gasteiger partial charge in [-0.2, -0.15) is 0 Å². The summed E-state index contributed by atoms with van der Waals surface area (Å²) in [6, 6.07) is 35.3. The molecule has 0 fully saturated rings. The molecule has 0 heterocycles. The Morgan fingerprint density at radius 1 is 0.625 bits per heavy atom. The fraction of sp³-hybridized carbons (Fsp3) is 0.0714. The summed E-state index contributed by atoms with van der Waals surface area (Å²) in [6.45, 7) is 0. The largest absolute Gasteiger partial charge is 0.497 e. The van der Waals surface area contributed by atoms with Gasteiger partial charge in [0.1, 0.15) is 11.5 Å². The van der Waals surface area contributed by atoms with Crippen LogP contribution in [0.3, 0.4) is 0 Å². The van der Waals surface area contributed by atoms with Gasteiger partial charge in [-0.1, -0.05) is 72.4 Å². The monoisotopic (exact) mass is 502 g/mol. The van der Waals surface area contributed by atoms with Crippen LogP contribution >= 0.6 is 27.7 Å². The Balaban J connectivity index is 1.88. The average Bonchev–Trinajstić information content (AvgIpc) is 2.86. The van der Waals surface area contributed by atoms with Crippen molar-refractivity contribution in [3.8, 4) is 11.5 Å². The molecule has 0 aliphatic heterocycles. The van der Waals surface area contributed by atoms with E-state index in [0.717, 1.165) is 38.2 Å². The smallest absolute Gasteiger partial charge is 0.118 e. The van der Waals surface area contributed by atoms with Crippen molar-refractivity contribution in [3.63, 3.8) is 0 Å². The van der Waals surface area contributed by atoms with Gasteiger partial charge in [-0.05, 0) is 75.1 Å². The maximum atomic E-state index is 5.38. The first-order valence-electron chi connectivity index (χ1n) is 10.2. The molecule has 0 saturated heterocycles. The van der Waals surface area contributed by atoms with Crippen LogP contribution in [0.15, 0.2) is 113 Å². The van der Waals surface area contributed by atoms with Crippen molar-refractivity contribution in [1.82, 2.24) is 0 Å². The predicted octanol–water partition coefficient (Wildman–Crippen LogP) is 8.17.